The Kier molecular flexibility index (Phi) is 5.27. The van der Waals surface area contributed by atoms with Crippen molar-refractivity contribution in [1.82, 2.24) is 10.2 Å². The molecule has 0 aromatic carbocycles. The summed E-state index contributed by atoms with van der Waals surface area (Å²) >= 11 is 0. The van der Waals surface area contributed by atoms with Crippen LogP contribution in [0.1, 0.15) is 34.6 Å². The molecule has 0 saturated carbocycles. The van der Waals surface area contributed by atoms with E-state index in [0.717, 1.165) is 0 Å². The molecule has 0 aromatic heterocycles. The Balaban J connectivity index is 4.39. The van der Waals surface area contributed by atoms with E-state index >= 15 is 0 Å². The van der Waals surface area contributed by atoms with Gasteiger partial charge in [0.25, 0.3) is 0 Å². The summed E-state index contributed by atoms with van der Waals surface area (Å²) in [7, 11) is 0. The van der Waals surface area contributed by atoms with Crippen LogP contribution in [0.25, 0.3) is 0 Å². The summed E-state index contributed by atoms with van der Waals surface area (Å²) in [5.41, 5.74) is 5.15. The highest BCUT2D eigenvalue weighted by atomic mass is 16.2. The summed E-state index contributed by atoms with van der Waals surface area (Å²) in [5, 5.41) is 10.2. The van der Waals surface area contributed by atoms with Crippen LogP contribution < -0.4 is 11.1 Å². The molecule has 0 aliphatic carbocycles. The van der Waals surface area contributed by atoms with Crippen molar-refractivity contribution in [2.75, 3.05) is 13.1 Å². The molecule has 2 amide bonds. The number of amides is 2. The van der Waals surface area contributed by atoms with E-state index in [4.69, 9.17) is 11.1 Å². The van der Waals surface area contributed by atoms with Crippen molar-refractivity contribution in [2.24, 2.45) is 11.7 Å². The minimum atomic E-state index is -0.246. The van der Waals surface area contributed by atoms with Crippen LogP contribution in [0.4, 0.5) is 4.79 Å². The van der Waals surface area contributed by atoms with Crippen molar-refractivity contribution >= 4 is 11.9 Å². The SMILES string of the molecule is CCN(CC(C)C(=N)N)C(=O)NC(C)(C)C. The van der Waals surface area contributed by atoms with Crippen LogP contribution in [0, 0.1) is 11.3 Å². The second-order valence-corrected chi connectivity index (χ2v) is 5.08. The number of urea groups is 1. The molecule has 94 valence electrons. The molecule has 0 bridgehead atoms. The van der Waals surface area contributed by atoms with Gasteiger partial charge in [-0.1, -0.05) is 6.92 Å². The highest BCUT2D eigenvalue weighted by Gasteiger charge is 2.20. The Hall–Kier alpha value is -1.26. The first-order chi connectivity index (χ1) is 7.17. The Morgan fingerprint density at radius 1 is 1.50 bits per heavy atom. The zero-order valence-electron chi connectivity index (χ0n) is 10.9. The van der Waals surface area contributed by atoms with Crippen LogP contribution in [0.15, 0.2) is 0 Å². The van der Waals surface area contributed by atoms with Crippen molar-refractivity contribution in [2.45, 2.75) is 40.2 Å². The smallest absolute Gasteiger partial charge is 0.317 e. The van der Waals surface area contributed by atoms with Crippen LogP contribution >= 0.6 is 0 Å². The van der Waals surface area contributed by atoms with Crippen LogP contribution in [0.3, 0.4) is 0 Å². The van der Waals surface area contributed by atoms with Gasteiger partial charge in [-0.15, -0.1) is 0 Å². The number of hydrogen-bond donors (Lipinski definition) is 3. The van der Waals surface area contributed by atoms with E-state index in [1.54, 1.807) is 4.90 Å². The van der Waals surface area contributed by atoms with E-state index in [0.29, 0.717) is 13.1 Å². The monoisotopic (exact) mass is 228 g/mol. The molecule has 0 saturated heterocycles. The fourth-order valence-electron chi connectivity index (χ4n) is 1.18. The van der Waals surface area contributed by atoms with Crippen molar-refractivity contribution in [3.05, 3.63) is 0 Å². The van der Waals surface area contributed by atoms with E-state index in [2.05, 4.69) is 5.32 Å². The lowest BCUT2D eigenvalue weighted by Gasteiger charge is -2.29. The van der Waals surface area contributed by atoms with Crippen LogP contribution in [-0.4, -0.2) is 35.4 Å². The number of rotatable bonds is 4. The average Bonchev–Trinajstić information content (AvgIpc) is 2.10. The van der Waals surface area contributed by atoms with Crippen molar-refractivity contribution < 1.29 is 4.79 Å². The molecule has 0 spiro atoms. The van der Waals surface area contributed by atoms with E-state index in [1.807, 2.05) is 34.6 Å². The molecule has 0 aliphatic rings. The van der Waals surface area contributed by atoms with Gasteiger partial charge in [0.2, 0.25) is 0 Å². The number of carbonyl (C=O) groups is 1. The average molecular weight is 228 g/mol. The third-order valence-corrected chi connectivity index (χ3v) is 2.18. The third kappa shape index (κ3) is 5.58. The zero-order valence-corrected chi connectivity index (χ0v) is 10.9. The minimum absolute atomic E-state index is 0.106. The Labute approximate surface area is 97.9 Å². The highest BCUT2D eigenvalue weighted by Crippen LogP contribution is 2.04. The van der Waals surface area contributed by atoms with Gasteiger partial charge in [-0.2, -0.15) is 0 Å². The fourth-order valence-corrected chi connectivity index (χ4v) is 1.18. The number of carbonyl (C=O) groups excluding carboxylic acids is 1. The third-order valence-electron chi connectivity index (χ3n) is 2.18. The lowest BCUT2D eigenvalue weighted by molar-refractivity contribution is 0.188. The van der Waals surface area contributed by atoms with Gasteiger partial charge in [-0.05, 0) is 27.7 Å². The summed E-state index contributed by atoms with van der Waals surface area (Å²) in [4.78, 5) is 13.5. The van der Waals surface area contributed by atoms with Gasteiger partial charge in [0, 0.05) is 24.5 Å². The second kappa shape index (κ2) is 5.72. The van der Waals surface area contributed by atoms with E-state index < -0.39 is 0 Å². The van der Waals surface area contributed by atoms with Crippen molar-refractivity contribution in [1.29, 1.82) is 5.41 Å². The Bertz CT molecular complexity index is 257. The Morgan fingerprint density at radius 2 is 2.00 bits per heavy atom. The van der Waals surface area contributed by atoms with E-state index in [1.165, 1.54) is 0 Å². The fraction of sp³-hybridized carbons (Fsp3) is 0.818. The number of nitrogens with zero attached hydrogens (tertiary/aromatic N) is 1. The van der Waals surface area contributed by atoms with Crippen LogP contribution in [-0.2, 0) is 0 Å². The summed E-state index contributed by atoms with van der Waals surface area (Å²) in [6, 6.07) is -0.108. The zero-order chi connectivity index (χ0) is 12.9. The van der Waals surface area contributed by atoms with Crippen LogP contribution in [0.2, 0.25) is 0 Å². The van der Waals surface area contributed by atoms with Crippen LogP contribution in [0.5, 0.6) is 0 Å². The van der Waals surface area contributed by atoms with Gasteiger partial charge in [0.05, 0.1) is 5.84 Å². The first-order valence-corrected chi connectivity index (χ1v) is 5.58. The number of amidine groups is 1. The molecule has 1 unspecified atom stereocenters. The molecular formula is C11H24N4O. The predicted molar refractivity (Wildman–Crippen MR) is 66.6 cm³/mol. The summed E-state index contributed by atoms with van der Waals surface area (Å²) in [5.74, 6) is 0.00711. The largest absolute Gasteiger partial charge is 0.387 e. The van der Waals surface area contributed by atoms with Gasteiger partial charge in [-0.3, -0.25) is 5.41 Å². The molecule has 5 nitrogen and oxygen atoms in total. The number of hydrogen-bond acceptors (Lipinski definition) is 2. The lowest BCUT2D eigenvalue weighted by atomic mass is 10.1. The van der Waals surface area contributed by atoms with Crippen molar-refractivity contribution in [3.63, 3.8) is 0 Å². The molecule has 0 radical (unpaired) electrons. The highest BCUT2D eigenvalue weighted by molar-refractivity contribution is 5.81. The Morgan fingerprint density at radius 3 is 2.31 bits per heavy atom. The maximum atomic E-state index is 11.9. The predicted octanol–water partition coefficient (Wildman–Crippen LogP) is 1.39. The maximum absolute atomic E-state index is 11.9. The minimum Gasteiger partial charge on any atom is -0.387 e. The molecule has 0 rings (SSSR count). The van der Waals surface area contributed by atoms with Gasteiger partial charge < -0.3 is 16.0 Å². The van der Waals surface area contributed by atoms with Gasteiger partial charge in [-0.25, -0.2) is 4.79 Å². The quantitative estimate of drug-likeness (QED) is 0.502. The summed E-state index contributed by atoms with van der Waals surface area (Å²) in [6.45, 7) is 10.7. The van der Waals surface area contributed by atoms with E-state index in [9.17, 15) is 4.79 Å². The second-order valence-electron chi connectivity index (χ2n) is 5.08. The van der Waals surface area contributed by atoms with E-state index in [-0.39, 0.29) is 23.3 Å². The first kappa shape index (κ1) is 14.7. The van der Waals surface area contributed by atoms with Gasteiger partial charge in [0.1, 0.15) is 0 Å². The maximum Gasteiger partial charge on any atom is 0.317 e. The molecule has 0 fully saturated rings. The number of nitrogens with two attached hydrogens (primary N) is 1. The molecule has 0 aliphatic heterocycles. The standard InChI is InChI=1S/C11H24N4O/c1-6-15(7-8(2)9(12)13)10(16)14-11(3,4)5/h8H,6-7H2,1-5H3,(H3,12,13)(H,14,16). The molecule has 0 aromatic rings. The molecule has 5 heteroatoms. The van der Waals surface area contributed by atoms with Gasteiger partial charge >= 0.3 is 6.03 Å². The first-order valence-electron chi connectivity index (χ1n) is 5.58. The molecule has 0 heterocycles. The molecular weight excluding hydrogens is 204 g/mol. The normalized spacial score (nSPS) is 13.1. The summed E-state index contributed by atoms with van der Waals surface area (Å²) < 4.78 is 0. The topological polar surface area (TPSA) is 82.2 Å². The lowest BCUT2D eigenvalue weighted by Crippen LogP contribution is -2.50. The van der Waals surface area contributed by atoms with Crippen molar-refractivity contribution in [3.8, 4) is 0 Å². The number of nitrogens with one attached hydrogen (secondary N) is 2. The summed E-state index contributed by atoms with van der Waals surface area (Å²) in [6.07, 6.45) is 0. The molecule has 16 heavy (non-hydrogen) atoms. The molecule has 1 atom stereocenters. The molecule has 4 N–H and O–H groups in total. The van der Waals surface area contributed by atoms with Gasteiger partial charge in [0.15, 0.2) is 0 Å².